The summed E-state index contributed by atoms with van der Waals surface area (Å²) < 4.78 is 36.0. The smallest absolute Gasteiger partial charge is 0.255 e. The van der Waals surface area contributed by atoms with Crippen LogP contribution in [0, 0.1) is 0 Å². The lowest BCUT2D eigenvalue weighted by Gasteiger charge is -2.45. The number of piperazine rings is 1. The molecule has 4 fully saturated rings. The van der Waals surface area contributed by atoms with Crippen LogP contribution in [0.15, 0.2) is 30.4 Å². The molecule has 0 aromatic heterocycles. The van der Waals surface area contributed by atoms with Gasteiger partial charge in [0.05, 0.1) is 49.3 Å². The second-order valence-electron chi connectivity index (χ2n) is 15.7. The number of hydrogen-bond donors (Lipinski definition) is 3. The van der Waals surface area contributed by atoms with Gasteiger partial charge in [0, 0.05) is 94.0 Å². The van der Waals surface area contributed by atoms with E-state index in [1.54, 1.807) is 7.11 Å². The Labute approximate surface area is 332 Å². The molecule has 3 amide bonds. The Balaban J connectivity index is 1.05. The molecule has 4 saturated heterocycles. The van der Waals surface area contributed by atoms with Crippen molar-refractivity contribution in [1.29, 1.82) is 0 Å². The van der Waals surface area contributed by atoms with Gasteiger partial charge in [-0.2, -0.15) is 0 Å². The fourth-order valence-corrected chi connectivity index (χ4v) is 9.65. The number of carbonyl (C=O) groups excluding carboxylic acids is 5. The Morgan fingerprint density at radius 3 is 2.36 bits per heavy atom. The number of fused-ring (bicyclic) bond motifs is 6. The number of aromatic hydroxyl groups is 2. The Bertz CT molecular complexity index is 2120. The third-order valence-corrected chi connectivity index (χ3v) is 12.5. The Kier molecular flexibility index (Phi) is 9.67. The summed E-state index contributed by atoms with van der Waals surface area (Å²) in [5, 5.41) is 36.5. The SMILES string of the molecule is COc1cccc2c1C(=O)c1c(O)c3c(c(O)c1C2=O)C[C@@](O)(C(=O)N1CCN(CN2C(=O)C=CC2=O)CC1)C[C@@H]3O[C@H]1C[C@H]2[C@H](O[C@@H]3[C@@H](OC)OCCN32)[C@H](C)O1. The molecule has 0 radical (unpaired) electrons. The number of aliphatic hydroxyl groups is 1. The summed E-state index contributed by atoms with van der Waals surface area (Å²) in [4.78, 5) is 73.5. The summed E-state index contributed by atoms with van der Waals surface area (Å²) in [6.07, 6.45) is -2.48. The number of hydrogen-bond acceptors (Lipinski definition) is 16. The van der Waals surface area contributed by atoms with Gasteiger partial charge in [0.1, 0.15) is 29.0 Å². The van der Waals surface area contributed by atoms with Gasteiger partial charge in [0.2, 0.25) is 5.78 Å². The van der Waals surface area contributed by atoms with Gasteiger partial charge >= 0.3 is 0 Å². The highest BCUT2D eigenvalue weighted by Gasteiger charge is 2.56. The van der Waals surface area contributed by atoms with E-state index in [0.717, 1.165) is 4.90 Å². The maximum atomic E-state index is 14.4. The van der Waals surface area contributed by atoms with Crippen molar-refractivity contribution >= 4 is 29.3 Å². The first-order valence-electron chi connectivity index (χ1n) is 19.3. The molecule has 18 nitrogen and oxygen atoms in total. The van der Waals surface area contributed by atoms with Gasteiger partial charge < -0.3 is 48.6 Å². The first-order chi connectivity index (χ1) is 27.8. The molecule has 0 spiro atoms. The maximum absolute atomic E-state index is 14.4. The third-order valence-electron chi connectivity index (χ3n) is 12.5. The Morgan fingerprint density at radius 1 is 0.931 bits per heavy atom. The van der Waals surface area contributed by atoms with Gasteiger partial charge in [0.15, 0.2) is 24.6 Å². The van der Waals surface area contributed by atoms with Gasteiger partial charge in [-0.3, -0.25) is 38.7 Å². The van der Waals surface area contributed by atoms with Gasteiger partial charge in [-0.25, -0.2) is 0 Å². The number of ketones is 2. The molecule has 0 saturated carbocycles. The van der Waals surface area contributed by atoms with Crippen LogP contribution < -0.4 is 4.74 Å². The molecule has 9 rings (SSSR count). The summed E-state index contributed by atoms with van der Waals surface area (Å²) in [5.74, 6) is -4.19. The molecule has 0 bridgehead atoms. The largest absolute Gasteiger partial charge is 0.507 e. The van der Waals surface area contributed by atoms with Gasteiger partial charge in [-0.1, -0.05) is 12.1 Å². The lowest BCUT2D eigenvalue weighted by Crippen LogP contribution is -2.59. The van der Waals surface area contributed by atoms with Crippen LogP contribution in [0.4, 0.5) is 0 Å². The number of rotatable bonds is 7. The van der Waals surface area contributed by atoms with Crippen molar-refractivity contribution in [3.05, 3.63) is 63.7 Å². The van der Waals surface area contributed by atoms with Crippen LogP contribution in [0.3, 0.4) is 0 Å². The van der Waals surface area contributed by atoms with Crippen LogP contribution in [-0.2, 0) is 44.5 Å². The normalized spacial score (nSPS) is 32.2. The highest BCUT2D eigenvalue weighted by atomic mass is 16.7. The van der Waals surface area contributed by atoms with Crippen LogP contribution in [0.2, 0.25) is 0 Å². The van der Waals surface area contributed by atoms with E-state index in [0.29, 0.717) is 26.2 Å². The van der Waals surface area contributed by atoms with Gasteiger partial charge in [0.25, 0.3) is 17.7 Å². The van der Waals surface area contributed by atoms with Crippen LogP contribution in [-0.4, -0.2) is 167 Å². The van der Waals surface area contributed by atoms with Crippen LogP contribution >= 0.6 is 0 Å². The standard InChI is InChI=1S/C40H44N4O14/c1-19-36-22(43-13-14-55-38(54-3)37(43)58-36)15-27(56-19)57-24-17-40(52,39(51)42-11-9-41(10-12-42)18-44-25(45)7-8-26(44)46)16-21-29(24)35(50)31-30(33(21)48)32(47)20-5-4-6-23(53-2)28(20)34(31)49/h4-8,19,22,24,27,36-38,48,50,52H,9-18H2,1-3H3/t19-,22-,24-,27-,36+,37+,38-,40-/m0/s1. The molecular formula is C40H44N4O14. The molecule has 8 atom stereocenters. The van der Waals surface area contributed by atoms with Gasteiger partial charge in [-0.15, -0.1) is 0 Å². The molecule has 2 aromatic rings. The predicted octanol–water partition coefficient (Wildman–Crippen LogP) is 0.177. The van der Waals surface area contributed by atoms with E-state index in [1.807, 2.05) is 11.8 Å². The fourth-order valence-electron chi connectivity index (χ4n) is 9.65. The number of amides is 3. The number of phenols is 2. The molecule has 5 aliphatic heterocycles. The average molecular weight is 805 g/mol. The minimum Gasteiger partial charge on any atom is -0.507 e. The lowest BCUT2D eigenvalue weighted by atomic mass is 9.72. The van der Waals surface area contributed by atoms with Crippen molar-refractivity contribution < 1.29 is 67.7 Å². The van der Waals surface area contributed by atoms with E-state index in [2.05, 4.69) is 4.90 Å². The van der Waals surface area contributed by atoms with Gasteiger partial charge in [-0.05, 0) is 13.0 Å². The Hall–Kier alpha value is -4.79. The minimum absolute atomic E-state index is 0.0394. The summed E-state index contributed by atoms with van der Waals surface area (Å²) >= 11 is 0. The number of methoxy groups -OCH3 is 2. The van der Waals surface area contributed by atoms with Crippen molar-refractivity contribution in [2.45, 2.75) is 74.9 Å². The van der Waals surface area contributed by atoms with Crippen LogP contribution in [0.5, 0.6) is 17.2 Å². The monoisotopic (exact) mass is 804 g/mol. The molecule has 7 aliphatic rings. The Morgan fingerprint density at radius 2 is 1.66 bits per heavy atom. The molecule has 3 N–H and O–H groups in total. The second-order valence-corrected chi connectivity index (χ2v) is 15.7. The predicted molar refractivity (Wildman–Crippen MR) is 196 cm³/mol. The molecule has 0 unspecified atom stereocenters. The zero-order chi connectivity index (χ0) is 40.8. The molecule has 58 heavy (non-hydrogen) atoms. The van der Waals surface area contributed by atoms with E-state index in [1.165, 1.54) is 42.4 Å². The van der Waals surface area contributed by atoms with E-state index in [4.69, 9.17) is 28.4 Å². The third kappa shape index (κ3) is 6.04. The maximum Gasteiger partial charge on any atom is 0.255 e. The number of ether oxygens (including phenoxy) is 6. The molecule has 5 heterocycles. The number of nitrogens with zero attached hydrogens (tertiary/aromatic N) is 4. The average Bonchev–Trinajstić information content (AvgIpc) is 3.76. The lowest BCUT2D eigenvalue weighted by molar-refractivity contribution is -0.256. The van der Waals surface area contributed by atoms with E-state index in [-0.39, 0.29) is 66.3 Å². The summed E-state index contributed by atoms with van der Waals surface area (Å²) in [5.41, 5.74) is -3.38. The van der Waals surface area contributed by atoms with E-state index >= 15 is 0 Å². The molecule has 2 aliphatic carbocycles. The highest BCUT2D eigenvalue weighted by Crippen LogP contribution is 2.53. The second kappa shape index (κ2) is 14.5. The number of phenolic OH excluding ortho intramolecular Hbond substituents is 2. The van der Waals surface area contributed by atoms with Crippen molar-refractivity contribution in [2.24, 2.45) is 0 Å². The highest BCUT2D eigenvalue weighted by molar-refractivity contribution is 6.31. The van der Waals surface area contributed by atoms with Crippen molar-refractivity contribution in [3.63, 3.8) is 0 Å². The number of carbonyl (C=O) groups is 5. The quantitative estimate of drug-likeness (QED) is 0.215. The zero-order valence-corrected chi connectivity index (χ0v) is 32.1. The van der Waals surface area contributed by atoms with Crippen molar-refractivity contribution in [1.82, 2.24) is 19.6 Å². The van der Waals surface area contributed by atoms with Crippen molar-refractivity contribution in [2.75, 3.05) is 60.2 Å². The summed E-state index contributed by atoms with van der Waals surface area (Å²) in [7, 11) is 2.89. The number of benzene rings is 2. The topological polar surface area (TPSA) is 214 Å². The first kappa shape index (κ1) is 38.7. The number of imide groups is 1. The van der Waals surface area contributed by atoms with E-state index in [9.17, 15) is 39.3 Å². The molecule has 2 aromatic carbocycles. The van der Waals surface area contributed by atoms with Crippen molar-refractivity contribution in [3.8, 4) is 17.2 Å². The first-order valence-corrected chi connectivity index (χ1v) is 19.3. The molecule has 18 heteroatoms. The minimum atomic E-state index is -2.22. The zero-order valence-electron chi connectivity index (χ0n) is 32.1. The van der Waals surface area contributed by atoms with Crippen LogP contribution in [0.25, 0.3) is 0 Å². The summed E-state index contributed by atoms with van der Waals surface area (Å²) in [6.45, 7) is 3.72. The molecule has 308 valence electrons. The number of morpholine rings is 1. The van der Waals surface area contributed by atoms with E-state index < -0.39 is 101 Å². The van der Waals surface area contributed by atoms with Crippen LogP contribution in [0.1, 0.15) is 68.8 Å². The molecular weight excluding hydrogens is 760 g/mol. The fraction of sp³-hybridized carbons (Fsp3) is 0.525. The summed E-state index contributed by atoms with van der Waals surface area (Å²) in [6, 6.07) is 4.27.